The molecular weight excluding hydrogens is 204 g/mol. The molecule has 0 radical (unpaired) electrons. The lowest BCUT2D eigenvalue weighted by Crippen LogP contribution is -2.26. The highest BCUT2D eigenvalue weighted by molar-refractivity contribution is 5.10. The van der Waals surface area contributed by atoms with Crippen molar-refractivity contribution in [3.8, 4) is 0 Å². The highest BCUT2D eigenvalue weighted by Gasteiger charge is 2.24. The average molecular weight is 224 g/mol. The van der Waals surface area contributed by atoms with Gasteiger partial charge >= 0.3 is 0 Å². The largest absolute Gasteiger partial charge is 0.386 e. The molecule has 16 heavy (non-hydrogen) atoms. The first-order valence-electron chi connectivity index (χ1n) is 6.13. The van der Waals surface area contributed by atoms with Crippen LogP contribution in [-0.2, 0) is 11.3 Å². The third-order valence-electron chi connectivity index (χ3n) is 3.01. The number of hydrogen-bond donors (Lipinski definition) is 1. The minimum Gasteiger partial charge on any atom is -0.386 e. The van der Waals surface area contributed by atoms with E-state index in [-0.39, 0.29) is 6.10 Å². The summed E-state index contributed by atoms with van der Waals surface area (Å²) in [7, 11) is 0. The number of aliphatic hydroxyl groups excluding tert-OH is 1. The summed E-state index contributed by atoms with van der Waals surface area (Å²) < 4.78 is 7.45. The Morgan fingerprint density at radius 1 is 1.62 bits per heavy atom. The monoisotopic (exact) mass is 224 g/mol. The van der Waals surface area contributed by atoms with E-state index in [0.29, 0.717) is 0 Å². The van der Waals surface area contributed by atoms with Gasteiger partial charge in [0.1, 0.15) is 6.10 Å². The second-order valence-corrected chi connectivity index (χ2v) is 4.39. The zero-order chi connectivity index (χ0) is 11.4. The maximum absolute atomic E-state index is 10.1. The predicted molar refractivity (Wildman–Crippen MR) is 61.1 cm³/mol. The molecule has 0 spiro atoms. The van der Waals surface area contributed by atoms with Gasteiger partial charge in [-0.2, -0.15) is 5.10 Å². The molecule has 1 fully saturated rings. The lowest BCUT2D eigenvalue weighted by Gasteiger charge is -2.26. The fraction of sp³-hybridized carbons (Fsp3) is 0.750. The molecule has 0 aliphatic carbocycles. The van der Waals surface area contributed by atoms with Crippen LogP contribution in [0.25, 0.3) is 0 Å². The highest BCUT2D eigenvalue weighted by Crippen LogP contribution is 2.25. The Morgan fingerprint density at radius 2 is 2.50 bits per heavy atom. The van der Waals surface area contributed by atoms with E-state index in [4.69, 9.17) is 4.74 Å². The van der Waals surface area contributed by atoms with Crippen LogP contribution in [0.5, 0.6) is 0 Å². The molecule has 0 saturated carbocycles. The van der Waals surface area contributed by atoms with Gasteiger partial charge in [0.2, 0.25) is 0 Å². The lowest BCUT2D eigenvalue weighted by molar-refractivity contribution is -0.0633. The minimum atomic E-state index is -0.522. The molecule has 1 N–H and O–H groups in total. The van der Waals surface area contributed by atoms with Gasteiger partial charge in [-0.3, -0.25) is 4.68 Å². The van der Waals surface area contributed by atoms with E-state index in [1.54, 1.807) is 6.20 Å². The lowest BCUT2D eigenvalue weighted by atomic mass is 10.0. The van der Waals surface area contributed by atoms with Crippen LogP contribution in [0.15, 0.2) is 12.4 Å². The summed E-state index contributed by atoms with van der Waals surface area (Å²) in [5.74, 6) is 0. The van der Waals surface area contributed by atoms with Gasteiger partial charge in [-0.1, -0.05) is 6.92 Å². The quantitative estimate of drug-likeness (QED) is 0.849. The summed E-state index contributed by atoms with van der Waals surface area (Å²) >= 11 is 0. The Bertz CT molecular complexity index is 319. The van der Waals surface area contributed by atoms with Crippen LogP contribution in [0.1, 0.15) is 44.3 Å². The molecule has 0 bridgehead atoms. The SMILES string of the molecule is CCCn1cc(C(O)C2CCCCO2)cn1. The molecule has 90 valence electrons. The number of nitrogens with zero attached hydrogens (tertiary/aromatic N) is 2. The number of ether oxygens (including phenoxy) is 1. The first-order chi connectivity index (χ1) is 7.81. The maximum atomic E-state index is 10.1. The van der Waals surface area contributed by atoms with E-state index in [0.717, 1.165) is 44.4 Å². The van der Waals surface area contributed by atoms with Gasteiger partial charge in [-0.25, -0.2) is 0 Å². The van der Waals surface area contributed by atoms with Crippen LogP contribution in [-0.4, -0.2) is 27.6 Å². The smallest absolute Gasteiger partial charge is 0.108 e. The molecule has 1 saturated heterocycles. The van der Waals surface area contributed by atoms with Crippen LogP contribution in [0.2, 0.25) is 0 Å². The number of aromatic nitrogens is 2. The molecular formula is C12H20N2O2. The fourth-order valence-electron chi connectivity index (χ4n) is 2.11. The van der Waals surface area contributed by atoms with Crippen molar-refractivity contribution in [1.82, 2.24) is 9.78 Å². The van der Waals surface area contributed by atoms with Crippen molar-refractivity contribution in [2.24, 2.45) is 0 Å². The van der Waals surface area contributed by atoms with Gasteiger partial charge in [-0.05, 0) is 25.7 Å². The molecule has 1 aromatic heterocycles. The molecule has 1 aromatic rings. The fourth-order valence-corrected chi connectivity index (χ4v) is 2.11. The van der Waals surface area contributed by atoms with Crippen molar-refractivity contribution >= 4 is 0 Å². The summed E-state index contributed by atoms with van der Waals surface area (Å²) in [6.45, 7) is 3.78. The summed E-state index contributed by atoms with van der Waals surface area (Å²) in [5, 5.41) is 14.4. The third kappa shape index (κ3) is 2.62. The van der Waals surface area contributed by atoms with Gasteiger partial charge in [0.15, 0.2) is 0 Å². The van der Waals surface area contributed by atoms with E-state index >= 15 is 0 Å². The third-order valence-corrected chi connectivity index (χ3v) is 3.01. The highest BCUT2D eigenvalue weighted by atomic mass is 16.5. The Hall–Kier alpha value is -0.870. The zero-order valence-corrected chi connectivity index (χ0v) is 9.80. The van der Waals surface area contributed by atoms with E-state index in [2.05, 4.69) is 12.0 Å². The standard InChI is InChI=1S/C12H20N2O2/c1-2-6-14-9-10(8-13-14)12(15)11-5-3-4-7-16-11/h8-9,11-12,15H,2-7H2,1H3. The van der Waals surface area contributed by atoms with Crippen LogP contribution in [0, 0.1) is 0 Å². The summed E-state index contributed by atoms with van der Waals surface area (Å²) in [4.78, 5) is 0. The molecule has 2 unspecified atom stereocenters. The minimum absolute atomic E-state index is 0.0481. The van der Waals surface area contributed by atoms with Gasteiger partial charge in [-0.15, -0.1) is 0 Å². The Morgan fingerprint density at radius 3 is 3.19 bits per heavy atom. The van der Waals surface area contributed by atoms with Gasteiger partial charge in [0, 0.05) is 24.9 Å². The molecule has 0 aromatic carbocycles. The average Bonchev–Trinajstić information content (AvgIpc) is 2.78. The molecule has 1 aliphatic rings. The molecule has 2 atom stereocenters. The van der Waals surface area contributed by atoms with Crippen LogP contribution in [0.3, 0.4) is 0 Å². The number of aliphatic hydroxyl groups is 1. The van der Waals surface area contributed by atoms with Crippen molar-refractivity contribution < 1.29 is 9.84 Å². The van der Waals surface area contributed by atoms with Crippen molar-refractivity contribution in [1.29, 1.82) is 0 Å². The summed E-state index contributed by atoms with van der Waals surface area (Å²) in [6.07, 6.45) is 7.35. The summed E-state index contributed by atoms with van der Waals surface area (Å²) in [6, 6.07) is 0. The molecule has 2 rings (SSSR count). The van der Waals surface area contributed by atoms with Crippen molar-refractivity contribution in [3.63, 3.8) is 0 Å². The van der Waals surface area contributed by atoms with Crippen LogP contribution in [0.4, 0.5) is 0 Å². The van der Waals surface area contributed by atoms with E-state index in [1.807, 2.05) is 10.9 Å². The van der Waals surface area contributed by atoms with Crippen molar-refractivity contribution in [2.45, 2.75) is 51.4 Å². The molecule has 4 nitrogen and oxygen atoms in total. The van der Waals surface area contributed by atoms with Crippen LogP contribution >= 0.6 is 0 Å². The normalized spacial score (nSPS) is 23.2. The maximum Gasteiger partial charge on any atom is 0.108 e. The Balaban J connectivity index is 1.98. The van der Waals surface area contributed by atoms with Gasteiger partial charge in [0.05, 0.1) is 12.3 Å². The first-order valence-corrected chi connectivity index (χ1v) is 6.13. The second-order valence-electron chi connectivity index (χ2n) is 4.39. The summed E-state index contributed by atoms with van der Waals surface area (Å²) in [5.41, 5.74) is 0.875. The van der Waals surface area contributed by atoms with E-state index in [1.165, 1.54) is 0 Å². The van der Waals surface area contributed by atoms with E-state index < -0.39 is 6.10 Å². The second kappa shape index (κ2) is 5.46. The van der Waals surface area contributed by atoms with Crippen molar-refractivity contribution in [2.75, 3.05) is 6.61 Å². The molecule has 4 heteroatoms. The topological polar surface area (TPSA) is 47.3 Å². The number of aryl methyl sites for hydroxylation is 1. The molecule has 1 aliphatic heterocycles. The van der Waals surface area contributed by atoms with Gasteiger partial charge in [0.25, 0.3) is 0 Å². The number of hydrogen-bond acceptors (Lipinski definition) is 3. The van der Waals surface area contributed by atoms with Crippen molar-refractivity contribution in [3.05, 3.63) is 18.0 Å². The Kier molecular flexibility index (Phi) is 3.96. The number of rotatable bonds is 4. The predicted octanol–water partition coefficient (Wildman–Crippen LogP) is 1.90. The molecule has 0 amide bonds. The Labute approximate surface area is 96.2 Å². The zero-order valence-electron chi connectivity index (χ0n) is 9.80. The first kappa shape index (κ1) is 11.6. The van der Waals surface area contributed by atoms with Crippen LogP contribution < -0.4 is 0 Å². The van der Waals surface area contributed by atoms with Gasteiger partial charge < -0.3 is 9.84 Å². The molecule has 2 heterocycles. The van der Waals surface area contributed by atoms with E-state index in [9.17, 15) is 5.11 Å².